The molecule has 2 fully saturated rings. The molecule has 0 aliphatic carbocycles. The van der Waals surface area contributed by atoms with Gasteiger partial charge in [-0.2, -0.15) is 0 Å². The third kappa shape index (κ3) is 3.87. The lowest BCUT2D eigenvalue weighted by molar-refractivity contribution is -0.0751. The highest BCUT2D eigenvalue weighted by Gasteiger charge is 2.13. The fourth-order valence-electron chi connectivity index (χ4n) is 2.77. The van der Waals surface area contributed by atoms with E-state index in [1.165, 1.54) is 38.5 Å². The molecule has 4 nitrogen and oxygen atoms in total. The number of nitrogens with zero attached hydrogens (tertiary/aromatic N) is 2. The van der Waals surface area contributed by atoms with Gasteiger partial charge in [0.25, 0.3) is 0 Å². The maximum Gasteiger partial charge on any atom is 0.147 e. The first-order valence-electron chi connectivity index (χ1n) is 7.86. The van der Waals surface area contributed by atoms with Crippen LogP contribution in [0, 0.1) is 0 Å². The summed E-state index contributed by atoms with van der Waals surface area (Å²) in [5, 5.41) is 4.12. The van der Waals surface area contributed by atoms with E-state index in [1.54, 1.807) is 0 Å². The summed E-state index contributed by atoms with van der Waals surface area (Å²) in [5.41, 5.74) is 0. The monoisotopic (exact) mass is 276 g/mol. The molecule has 20 heavy (non-hydrogen) atoms. The van der Waals surface area contributed by atoms with E-state index in [2.05, 4.69) is 10.1 Å². The minimum atomic E-state index is 0.901. The van der Waals surface area contributed by atoms with E-state index in [9.17, 15) is 0 Å². The van der Waals surface area contributed by atoms with Gasteiger partial charge in [-0.15, -0.1) is 10.1 Å². The third-order valence-electron chi connectivity index (χ3n) is 3.92. The van der Waals surface area contributed by atoms with Crippen molar-refractivity contribution in [1.29, 1.82) is 0 Å². The van der Waals surface area contributed by atoms with Crippen LogP contribution in [-0.2, 0) is 0 Å². The first-order valence-corrected chi connectivity index (χ1v) is 7.86. The van der Waals surface area contributed by atoms with Crippen molar-refractivity contribution in [2.75, 3.05) is 26.2 Å². The zero-order chi connectivity index (χ0) is 13.6. The number of hydrogen-bond acceptors (Lipinski definition) is 4. The van der Waals surface area contributed by atoms with Crippen LogP contribution in [0.15, 0.2) is 24.3 Å². The second-order valence-electron chi connectivity index (χ2n) is 5.63. The summed E-state index contributed by atoms with van der Waals surface area (Å²) in [4.78, 5) is 11.7. The van der Waals surface area contributed by atoms with Gasteiger partial charge in [0.05, 0.1) is 0 Å². The van der Waals surface area contributed by atoms with Crippen molar-refractivity contribution in [2.45, 2.75) is 38.5 Å². The Labute approximate surface area is 121 Å². The standard InChI is InChI=1S/C16H24N2O2/c1-3-11-17(12-4-1)19-15-7-9-16(10-8-15)20-18-13-5-2-6-14-18/h7-10H,1-6,11-14H2. The molecule has 2 saturated heterocycles. The van der Waals surface area contributed by atoms with Crippen LogP contribution in [0.5, 0.6) is 11.5 Å². The van der Waals surface area contributed by atoms with Gasteiger partial charge in [-0.05, 0) is 49.9 Å². The van der Waals surface area contributed by atoms with Crippen molar-refractivity contribution in [1.82, 2.24) is 10.1 Å². The summed E-state index contributed by atoms with van der Waals surface area (Å²) in [6.07, 6.45) is 7.57. The van der Waals surface area contributed by atoms with Crippen LogP contribution < -0.4 is 9.68 Å². The van der Waals surface area contributed by atoms with E-state index in [-0.39, 0.29) is 0 Å². The number of rotatable bonds is 4. The maximum absolute atomic E-state index is 5.86. The van der Waals surface area contributed by atoms with Gasteiger partial charge in [-0.1, -0.05) is 12.8 Å². The highest BCUT2D eigenvalue weighted by molar-refractivity contribution is 5.30. The van der Waals surface area contributed by atoms with Crippen molar-refractivity contribution in [3.05, 3.63) is 24.3 Å². The van der Waals surface area contributed by atoms with Crippen LogP contribution in [0.1, 0.15) is 38.5 Å². The topological polar surface area (TPSA) is 24.9 Å². The molecule has 0 aromatic heterocycles. The van der Waals surface area contributed by atoms with E-state index in [0.29, 0.717) is 0 Å². The van der Waals surface area contributed by atoms with E-state index in [4.69, 9.17) is 9.68 Å². The Morgan fingerprint density at radius 2 is 0.900 bits per heavy atom. The lowest BCUT2D eigenvalue weighted by atomic mass is 10.2. The van der Waals surface area contributed by atoms with Gasteiger partial charge >= 0.3 is 0 Å². The molecular formula is C16H24N2O2. The average Bonchev–Trinajstić information content (AvgIpc) is 2.51. The molecule has 110 valence electrons. The lowest BCUT2D eigenvalue weighted by Gasteiger charge is -2.27. The van der Waals surface area contributed by atoms with Crippen LogP contribution in [-0.4, -0.2) is 36.3 Å². The van der Waals surface area contributed by atoms with Crippen molar-refractivity contribution in [3.63, 3.8) is 0 Å². The molecule has 4 heteroatoms. The summed E-state index contributed by atoms with van der Waals surface area (Å²) in [6, 6.07) is 7.98. The zero-order valence-corrected chi connectivity index (χ0v) is 12.1. The summed E-state index contributed by atoms with van der Waals surface area (Å²) >= 11 is 0. The number of hydroxylamine groups is 4. The Morgan fingerprint density at radius 1 is 0.550 bits per heavy atom. The van der Waals surface area contributed by atoms with E-state index < -0.39 is 0 Å². The molecule has 2 aliphatic rings. The quantitative estimate of drug-likeness (QED) is 0.843. The lowest BCUT2D eigenvalue weighted by Crippen LogP contribution is -2.33. The highest BCUT2D eigenvalue weighted by Crippen LogP contribution is 2.21. The summed E-state index contributed by atoms with van der Waals surface area (Å²) in [6.45, 7) is 4.14. The summed E-state index contributed by atoms with van der Waals surface area (Å²) in [5.74, 6) is 1.80. The molecule has 0 bridgehead atoms. The third-order valence-corrected chi connectivity index (χ3v) is 3.92. The Hall–Kier alpha value is -1.26. The molecule has 0 unspecified atom stereocenters. The second kappa shape index (κ2) is 6.95. The van der Waals surface area contributed by atoms with Crippen LogP contribution in [0.2, 0.25) is 0 Å². The first kappa shape index (κ1) is 13.7. The first-order chi connectivity index (χ1) is 9.90. The SMILES string of the molecule is c1cc(ON2CCCCC2)ccc1ON1CCCCC1. The zero-order valence-electron chi connectivity index (χ0n) is 12.1. The largest absolute Gasteiger partial charge is 0.406 e. The predicted molar refractivity (Wildman–Crippen MR) is 78.5 cm³/mol. The van der Waals surface area contributed by atoms with Gasteiger partial charge in [0, 0.05) is 26.2 Å². The summed E-state index contributed by atoms with van der Waals surface area (Å²) in [7, 11) is 0. The van der Waals surface area contributed by atoms with Crippen LogP contribution in [0.3, 0.4) is 0 Å². The minimum Gasteiger partial charge on any atom is -0.406 e. The number of piperidine rings is 2. The molecule has 1 aromatic rings. The molecule has 0 atom stereocenters. The number of hydrogen-bond donors (Lipinski definition) is 0. The van der Waals surface area contributed by atoms with Crippen molar-refractivity contribution < 1.29 is 9.68 Å². The van der Waals surface area contributed by atoms with Gasteiger partial charge in [0.1, 0.15) is 11.5 Å². The van der Waals surface area contributed by atoms with Crippen molar-refractivity contribution in [2.24, 2.45) is 0 Å². The normalized spacial score (nSPS) is 21.6. The Morgan fingerprint density at radius 3 is 1.25 bits per heavy atom. The van der Waals surface area contributed by atoms with Gasteiger partial charge in [0.2, 0.25) is 0 Å². The molecule has 2 heterocycles. The molecule has 2 aliphatic heterocycles. The van der Waals surface area contributed by atoms with Crippen molar-refractivity contribution >= 4 is 0 Å². The highest BCUT2D eigenvalue weighted by atomic mass is 16.7. The van der Waals surface area contributed by atoms with Gasteiger partial charge in [-0.3, -0.25) is 0 Å². The molecule has 0 amide bonds. The van der Waals surface area contributed by atoms with E-state index in [0.717, 1.165) is 37.7 Å². The van der Waals surface area contributed by atoms with Crippen LogP contribution in [0.25, 0.3) is 0 Å². The fraction of sp³-hybridized carbons (Fsp3) is 0.625. The molecule has 3 rings (SSSR count). The molecule has 0 radical (unpaired) electrons. The summed E-state index contributed by atoms with van der Waals surface area (Å²) < 4.78 is 0. The number of benzene rings is 1. The predicted octanol–water partition coefficient (Wildman–Crippen LogP) is 3.25. The Bertz CT molecular complexity index is 356. The molecule has 1 aromatic carbocycles. The molecular weight excluding hydrogens is 252 g/mol. The Kier molecular flexibility index (Phi) is 4.77. The van der Waals surface area contributed by atoms with E-state index in [1.807, 2.05) is 24.3 Å². The van der Waals surface area contributed by atoms with Crippen molar-refractivity contribution in [3.8, 4) is 11.5 Å². The van der Waals surface area contributed by atoms with Crippen LogP contribution >= 0.6 is 0 Å². The maximum atomic E-state index is 5.86. The van der Waals surface area contributed by atoms with Gasteiger partial charge in [-0.25, -0.2) is 0 Å². The second-order valence-corrected chi connectivity index (χ2v) is 5.63. The van der Waals surface area contributed by atoms with Crippen LogP contribution in [0.4, 0.5) is 0 Å². The Balaban J connectivity index is 1.51. The average molecular weight is 276 g/mol. The van der Waals surface area contributed by atoms with Gasteiger partial charge in [0.15, 0.2) is 0 Å². The minimum absolute atomic E-state index is 0.901. The van der Waals surface area contributed by atoms with Gasteiger partial charge < -0.3 is 9.68 Å². The fourth-order valence-corrected chi connectivity index (χ4v) is 2.77. The van der Waals surface area contributed by atoms with E-state index >= 15 is 0 Å². The molecule has 0 saturated carbocycles. The molecule has 0 N–H and O–H groups in total. The smallest absolute Gasteiger partial charge is 0.147 e. The molecule has 0 spiro atoms.